The van der Waals surface area contributed by atoms with Gasteiger partial charge in [-0.05, 0) is 12.1 Å². The van der Waals surface area contributed by atoms with Crippen LogP contribution in [0.3, 0.4) is 0 Å². The minimum absolute atomic E-state index is 0.138. The van der Waals surface area contributed by atoms with Gasteiger partial charge >= 0.3 is 0 Å². The minimum atomic E-state index is -0.290. The molecule has 0 aromatic heterocycles. The van der Waals surface area contributed by atoms with Crippen LogP contribution in [-0.4, -0.2) is 52.8 Å². The summed E-state index contributed by atoms with van der Waals surface area (Å²) >= 11 is 0. The molecule has 0 saturated heterocycles. The second-order valence-electron chi connectivity index (χ2n) is 4.45. The maximum atomic E-state index is 12.0. The number of ether oxygens (including phenoxy) is 3. The van der Waals surface area contributed by atoms with Crippen LogP contribution in [0, 0.1) is 0 Å². The SMILES string of the molecule is COCCNC(=O)CCNC(=O)c1cc(OC)cc(OC)c1. The Morgan fingerprint density at radius 2 is 1.59 bits per heavy atom. The number of hydrogen-bond acceptors (Lipinski definition) is 5. The first-order valence-electron chi connectivity index (χ1n) is 6.87. The molecule has 1 aromatic rings. The van der Waals surface area contributed by atoms with Crippen molar-refractivity contribution < 1.29 is 23.8 Å². The van der Waals surface area contributed by atoms with Gasteiger partial charge < -0.3 is 24.8 Å². The largest absolute Gasteiger partial charge is 0.497 e. The van der Waals surface area contributed by atoms with E-state index in [2.05, 4.69) is 10.6 Å². The van der Waals surface area contributed by atoms with Gasteiger partial charge in [0.25, 0.3) is 5.91 Å². The molecule has 0 unspecified atom stereocenters. The molecule has 0 aliphatic heterocycles. The summed E-state index contributed by atoms with van der Waals surface area (Å²) in [4.78, 5) is 23.5. The highest BCUT2D eigenvalue weighted by Crippen LogP contribution is 2.22. The van der Waals surface area contributed by atoms with Crippen LogP contribution in [0.25, 0.3) is 0 Å². The molecular formula is C15H22N2O5. The van der Waals surface area contributed by atoms with Crippen molar-refractivity contribution >= 4 is 11.8 Å². The van der Waals surface area contributed by atoms with E-state index in [4.69, 9.17) is 14.2 Å². The van der Waals surface area contributed by atoms with Gasteiger partial charge in [0, 0.05) is 38.2 Å². The first-order chi connectivity index (χ1) is 10.6. The Hall–Kier alpha value is -2.28. The van der Waals surface area contributed by atoms with Crippen LogP contribution in [0.15, 0.2) is 18.2 Å². The van der Waals surface area contributed by atoms with Crippen molar-refractivity contribution in [3.8, 4) is 11.5 Å². The Morgan fingerprint density at radius 1 is 0.955 bits per heavy atom. The zero-order valence-electron chi connectivity index (χ0n) is 13.1. The van der Waals surface area contributed by atoms with Gasteiger partial charge in [0.05, 0.1) is 20.8 Å². The van der Waals surface area contributed by atoms with Gasteiger partial charge in [-0.25, -0.2) is 0 Å². The number of hydrogen-bond donors (Lipinski definition) is 2. The molecule has 0 saturated carbocycles. The van der Waals surface area contributed by atoms with Gasteiger partial charge in [-0.1, -0.05) is 0 Å². The van der Waals surface area contributed by atoms with Crippen molar-refractivity contribution in [1.29, 1.82) is 0 Å². The van der Waals surface area contributed by atoms with Gasteiger partial charge in [0.1, 0.15) is 11.5 Å². The number of rotatable bonds is 9. The fraction of sp³-hybridized carbons (Fsp3) is 0.467. The summed E-state index contributed by atoms with van der Waals surface area (Å²) in [7, 11) is 4.59. The Labute approximate surface area is 129 Å². The van der Waals surface area contributed by atoms with Crippen LogP contribution in [0.2, 0.25) is 0 Å². The van der Waals surface area contributed by atoms with Crippen LogP contribution in [-0.2, 0) is 9.53 Å². The normalized spacial score (nSPS) is 9.95. The molecule has 0 aliphatic carbocycles. The molecule has 0 bridgehead atoms. The molecule has 1 aromatic carbocycles. The molecular weight excluding hydrogens is 288 g/mol. The van der Waals surface area contributed by atoms with Crippen LogP contribution in [0.1, 0.15) is 16.8 Å². The van der Waals surface area contributed by atoms with Crippen molar-refractivity contribution in [2.24, 2.45) is 0 Å². The summed E-state index contributed by atoms with van der Waals surface area (Å²) in [6.07, 6.45) is 0.205. The fourth-order valence-electron chi connectivity index (χ4n) is 1.71. The van der Waals surface area contributed by atoms with E-state index in [-0.39, 0.29) is 24.8 Å². The van der Waals surface area contributed by atoms with Crippen molar-refractivity contribution in [2.75, 3.05) is 41.0 Å². The summed E-state index contributed by atoms with van der Waals surface area (Å²) in [5, 5.41) is 5.36. The highest BCUT2D eigenvalue weighted by molar-refractivity contribution is 5.95. The number of benzene rings is 1. The lowest BCUT2D eigenvalue weighted by Crippen LogP contribution is -2.32. The highest BCUT2D eigenvalue weighted by atomic mass is 16.5. The number of nitrogens with one attached hydrogen (secondary N) is 2. The van der Waals surface area contributed by atoms with E-state index in [0.717, 1.165) is 0 Å². The Morgan fingerprint density at radius 3 is 2.14 bits per heavy atom. The molecule has 1 rings (SSSR count). The number of carbonyl (C=O) groups is 2. The van der Waals surface area contributed by atoms with E-state index < -0.39 is 0 Å². The molecule has 2 amide bonds. The molecule has 122 valence electrons. The smallest absolute Gasteiger partial charge is 0.251 e. The van der Waals surface area contributed by atoms with E-state index in [0.29, 0.717) is 30.2 Å². The van der Waals surface area contributed by atoms with E-state index in [9.17, 15) is 9.59 Å². The monoisotopic (exact) mass is 310 g/mol. The quantitative estimate of drug-likeness (QED) is 0.652. The predicted octanol–water partition coefficient (Wildman–Crippen LogP) is 0.586. The lowest BCUT2D eigenvalue weighted by molar-refractivity contribution is -0.121. The third-order valence-corrected chi connectivity index (χ3v) is 2.88. The van der Waals surface area contributed by atoms with E-state index >= 15 is 0 Å². The molecule has 7 nitrogen and oxygen atoms in total. The molecule has 2 N–H and O–H groups in total. The third kappa shape index (κ3) is 6.01. The summed E-state index contributed by atoms with van der Waals surface area (Å²) in [5.74, 6) is 0.631. The average Bonchev–Trinajstić information content (AvgIpc) is 2.54. The molecule has 0 spiro atoms. The Balaban J connectivity index is 2.47. The highest BCUT2D eigenvalue weighted by Gasteiger charge is 2.10. The Kier molecular flexibility index (Phi) is 7.77. The average molecular weight is 310 g/mol. The second kappa shape index (κ2) is 9.62. The van der Waals surface area contributed by atoms with Crippen molar-refractivity contribution in [3.05, 3.63) is 23.8 Å². The molecule has 0 atom stereocenters. The lowest BCUT2D eigenvalue weighted by Gasteiger charge is -2.09. The molecule has 0 radical (unpaired) electrons. The standard InChI is InChI=1S/C15H22N2O5/c1-20-7-6-16-14(18)4-5-17-15(19)11-8-12(21-2)10-13(9-11)22-3/h8-10H,4-7H2,1-3H3,(H,16,18)(H,17,19). The van der Waals surface area contributed by atoms with Gasteiger partial charge in [-0.3, -0.25) is 9.59 Å². The summed E-state index contributed by atoms with van der Waals surface area (Å²) < 4.78 is 15.0. The number of methoxy groups -OCH3 is 3. The maximum absolute atomic E-state index is 12.0. The summed E-state index contributed by atoms with van der Waals surface area (Å²) in [5.41, 5.74) is 0.413. The number of carbonyl (C=O) groups excluding carboxylic acids is 2. The van der Waals surface area contributed by atoms with Gasteiger partial charge in [0.2, 0.25) is 5.91 Å². The van der Waals surface area contributed by atoms with Gasteiger partial charge in [-0.2, -0.15) is 0 Å². The fourth-order valence-corrected chi connectivity index (χ4v) is 1.71. The van der Waals surface area contributed by atoms with Crippen LogP contribution in [0.4, 0.5) is 0 Å². The van der Waals surface area contributed by atoms with Crippen molar-refractivity contribution in [1.82, 2.24) is 10.6 Å². The molecule has 7 heteroatoms. The first-order valence-corrected chi connectivity index (χ1v) is 6.87. The lowest BCUT2D eigenvalue weighted by atomic mass is 10.2. The topological polar surface area (TPSA) is 85.9 Å². The second-order valence-corrected chi connectivity index (χ2v) is 4.45. The zero-order chi connectivity index (χ0) is 16.4. The molecule has 0 fully saturated rings. The minimum Gasteiger partial charge on any atom is -0.497 e. The van der Waals surface area contributed by atoms with Gasteiger partial charge in [-0.15, -0.1) is 0 Å². The maximum Gasteiger partial charge on any atom is 0.251 e. The summed E-state index contributed by atoms with van der Waals surface area (Å²) in [6.45, 7) is 1.16. The van der Waals surface area contributed by atoms with E-state index in [1.165, 1.54) is 14.2 Å². The number of amides is 2. The summed E-state index contributed by atoms with van der Waals surface area (Å²) in [6, 6.07) is 4.90. The molecule has 22 heavy (non-hydrogen) atoms. The van der Waals surface area contributed by atoms with Crippen molar-refractivity contribution in [2.45, 2.75) is 6.42 Å². The molecule has 0 aliphatic rings. The van der Waals surface area contributed by atoms with Gasteiger partial charge in [0.15, 0.2) is 0 Å². The first kappa shape index (κ1) is 17.8. The Bertz CT molecular complexity index is 482. The van der Waals surface area contributed by atoms with Crippen LogP contribution >= 0.6 is 0 Å². The van der Waals surface area contributed by atoms with E-state index in [1.807, 2.05) is 0 Å². The van der Waals surface area contributed by atoms with Crippen LogP contribution < -0.4 is 20.1 Å². The van der Waals surface area contributed by atoms with Crippen molar-refractivity contribution in [3.63, 3.8) is 0 Å². The predicted molar refractivity (Wildman–Crippen MR) is 81.4 cm³/mol. The van der Waals surface area contributed by atoms with E-state index in [1.54, 1.807) is 25.3 Å². The molecule has 0 heterocycles. The third-order valence-electron chi connectivity index (χ3n) is 2.88. The zero-order valence-corrected chi connectivity index (χ0v) is 13.1. The van der Waals surface area contributed by atoms with Crippen LogP contribution in [0.5, 0.6) is 11.5 Å².